The number of carbonyl (C=O) groups excluding carboxylic acids is 6. The Kier molecular flexibility index (Phi) is 13.0. The quantitative estimate of drug-likeness (QED) is 0.0602. The molecule has 344 valence electrons. The highest BCUT2D eigenvalue weighted by atomic mass is 16.6. The van der Waals surface area contributed by atoms with Crippen LogP contribution in [0.4, 0.5) is 0 Å². The smallest absolute Gasteiger partial charge is 0.338 e. The van der Waals surface area contributed by atoms with Crippen molar-refractivity contribution in [1.29, 1.82) is 0 Å². The summed E-state index contributed by atoms with van der Waals surface area (Å²) in [4.78, 5) is 87.2. The van der Waals surface area contributed by atoms with Crippen LogP contribution in [0.2, 0.25) is 0 Å². The SMILES string of the molecule is CC(=O)O[C@H]1C(=O)[C@@]2(C)[C@H]([C@H](OC(=O)c3ccccc3)[C@]3(O)C[C@H](OC(=O)[C@H](C)[C@@H](NC(=O)C(C)(O)C(C)N=[N+]=[N-])c4ccccc4)C(C)=C1C3(C)C)[C@]1(OC(C)=O)CO[C@@H]1C[C@@H]2C. The lowest BCUT2D eigenvalue weighted by molar-refractivity contribution is -0.340. The first kappa shape index (κ1) is 47.9. The third kappa shape index (κ3) is 7.86. The first-order valence-corrected chi connectivity index (χ1v) is 21.4. The third-order valence-electron chi connectivity index (χ3n) is 14.7. The van der Waals surface area contributed by atoms with Crippen LogP contribution in [0.1, 0.15) is 104 Å². The zero-order valence-corrected chi connectivity index (χ0v) is 37.8. The predicted molar refractivity (Wildman–Crippen MR) is 227 cm³/mol. The molecule has 3 aliphatic carbocycles. The van der Waals surface area contributed by atoms with Gasteiger partial charge in [0, 0.05) is 36.0 Å². The lowest BCUT2D eigenvalue weighted by atomic mass is 9.43. The van der Waals surface area contributed by atoms with Gasteiger partial charge in [0.05, 0.1) is 36.1 Å². The van der Waals surface area contributed by atoms with Crippen LogP contribution in [0.3, 0.4) is 0 Å². The van der Waals surface area contributed by atoms with E-state index >= 15 is 4.79 Å². The number of amides is 1. The summed E-state index contributed by atoms with van der Waals surface area (Å²) >= 11 is 0. The largest absolute Gasteiger partial charge is 0.457 e. The zero-order chi connectivity index (χ0) is 47.3. The number of hydrogen-bond acceptors (Lipinski definition) is 14. The number of nitrogens with one attached hydrogen (secondary N) is 1. The fourth-order valence-corrected chi connectivity index (χ4v) is 10.5. The average Bonchev–Trinajstić information content (AvgIpc) is 3.23. The second kappa shape index (κ2) is 17.4. The summed E-state index contributed by atoms with van der Waals surface area (Å²) in [5, 5.41) is 31.2. The van der Waals surface area contributed by atoms with Crippen molar-refractivity contribution in [3.63, 3.8) is 0 Å². The van der Waals surface area contributed by atoms with Crippen LogP contribution >= 0.6 is 0 Å². The van der Waals surface area contributed by atoms with Crippen molar-refractivity contribution in [2.24, 2.45) is 33.7 Å². The number of rotatable bonds is 12. The van der Waals surface area contributed by atoms with E-state index in [0.717, 1.165) is 6.92 Å². The molecule has 17 heteroatoms. The summed E-state index contributed by atoms with van der Waals surface area (Å²) in [5.41, 5.74) is 0.755. The summed E-state index contributed by atoms with van der Waals surface area (Å²) in [7, 11) is 0. The Morgan fingerprint density at radius 2 is 1.58 bits per heavy atom. The van der Waals surface area contributed by atoms with Crippen molar-refractivity contribution in [1.82, 2.24) is 5.32 Å². The summed E-state index contributed by atoms with van der Waals surface area (Å²) in [6.45, 7) is 14.5. The molecular weight excluding hydrogens is 829 g/mol. The van der Waals surface area contributed by atoms with E-state index in [-0.39, 0.29) is 24.2 Å². The molecule has 0 spiro atoms. The van der Waals surface area contributed by atoms with Crippen LogP contribution in [0.25, 0.3) is 10.4 Å². The topological polar surface area (TPSA) is 250 Å². The minimum absolute atomic E-state index is 0.129. The van der Waals surface area contributed by atoms with Gasteiger partial charge in [-0.05, 0) is 67.5 Å². The van der Waals surface area contributed by atoms with Crippen molar-refractivity contribution in [3.8, 4) is 0 Å². The fourth-order valence-electron chi connectivity index (χ4n) is 10.5. The maximum Gasteiger partial charge on any atom is 0.338 e. The molecule has 3 N–H and O–H groups in total. The van der Waals surface area contributed by atoms with E-state index in [9.17, 15) is 34.2 Å². The molecule has 6 rings (SSSR count). The van der Waals surface area contributed by atoms with Crippen molar-refractivity contribution >= 4 is 35.6 Å². The number of azide groups is 1. The van der Waals surface area contributed by atoms with E-state index in [4.69, 9.17) is 29.2 Å². The molecule has 3 fully saturated rings. The maximum absolute atomic E-state index is 15.7. The Morgan fingerprint density at radius 1 is 0.969 bits per heavy atom. The minimum Gasteiger partial charge on any atom is -0.457 e. The Hall–Kier alpha value is -5.61. The second-order valence-electron chi connectivity index (χ2n) is 18.7. The number of aliphatic hydroxyl groups is 2. The molecule has 0 radical (unpaired) electrons. The molecule has 17 nitrogen and oxygen atoms in total. The van der Waals surface area contributed by atoms with Crippen LogP contribution in [-0.4, -0.2) is 99.6 Å². The third-order valence-corrected chi connectivity index (χ3v) is 14.7. The summed E-state index contributed by atoms with van der Waals surface area (Å²) in [5.74, 6) is -7.85. The number of hydrogen-bond donors (Lipinski definition) is 3. The number of nitrogens with zero attached hydrogens (tertiary/aromatic N) is 3. The van der Waals surface area contributed by atoms with E-state index in [2.05, 4.69) is 15.3 Å². The van der Waals surface area contributed by atoms with Crippen LogP contribution in [0, 0.1) is 28.6 Å². The van der Waals surface area contributed by atoms with Crippen LogP contribution < -0.4 is 5.32 Å². The number of ketones is 1. The van der Waals surface area contributed by atoms with Gasteiger partial charge in [-0.15, -0.1) is 0 Å². The molecule has 2 bridgehead atoms. The summed E-state index contributed by atoms with van der Waals surface area (Å²) in [6.07, 6.45) is -5.64. The first-order valence-electron chi connectivity index (χ1n) is 21.4. The van der Waals surface area contributed by atoms with Gasteiger partial charge < -0.3 is 39.2 Å². The van der Waals surface area contributed by atoms with Gasteiger partial charge in [0.2, 0.25) is 0 Å². The maximum atomic E-state index is 15.7. The highest BCUT2D eigenvalue weighted by molar-refractivity contribution is 5.95. The van der Waals surface area contributed by atoms with Gasteiger partial charge in [0.25, 0.3) is 5.91 Å². The van der Waals surface area contributed by atoms with Crippen molar-refractivity contribution in [3.05, 3.63) is 93.4 Å². The Labute approximate surface area is 371 Å². The number of esters is 4. The number of Topliss-reactive ketones (excluding diaryl/α,β-unsaturated/α-hetero) is 1. The normalized spacial score (nSPS) is 32.7. The molecule has 0 aromatic heterocycles. The molecule has 2 aromatic carbocycles. The molecule has 1 aliphatic heterocycles. The van der Waals surface area contributed by atoms with E-state index in [1.54, 1.807) is 76.2 Å². The molecule has 2 unspecified atom stereocenters. The van der Waals surface area contributed by atoms with Gasteiger partial charge in [-0.25, -0.2) is 4.79 Å². The Balaban J connectivity index is 1.53. The predicted octanol–water partition coefficient (Wildman–Crippen LogP) is 5.42. The second-order valence-corrected chi connectivity index (χ2v) is 18.7. The highest BCUT2D eigenvalue weighted by Crippen LogP contribution is 2.65. The van der Waals surface area contributed by atoms with Gasteiger partial charge >= 0.3 is 23.9 Å². The highest BCUT2D eigenvalue weighted by Gasteiger charge is 2.77. The van der Waals surface area contributed by atoms with Crippen molar-refractivity contribution in [2.45, 2.75) is 135 Å². The monoisotopic (exact) mass is 886 g/mol. The molecule has 4 aliphatic rings. The molecule has 1 saturated heterocycles. The van der Waals surface area contributed by atoms with Crippen LogP contribution in [0.5, 0.6) is 0 Å². The van der Waals surface area contributed by atoms with E-state index in [1.807, 2.05) is 6.92 Å². The molecular formula is C47H58N4O13. The van der Waals surface area contributed by atoms with Gasteiger partial charge in [-0.2, -0.15) is 0 Å². The Morgan fingerprint density at radius 3 is 2.12 bits per heavy atom. The molecule has 2 saturated carbocycles. The van der Waals surface area contributed by atoms with Gasteiger partial charge in [0.1, 0.15) is 29.5 Å². The van der Waals surface area contributed by atoms with Crippen LogP contribution in [-0.2, 0) is 47.7 Å². The number of ether oxygens (including phenoxy) is 5. The zero-order valence-electron chi connectivity index (χ0n) is 37.8. The minimum atomic E-state index is -2.26. The van der Waals surface area contributed by atoms with Gasteiger partial charge in [-0.3, -0.25) is 24.0 Å². The van der Waals surface area contributed by atoms with Crippen molar-refractivity contribution in [2.75, 3.05) is 6.61 Å². The Bertz CT molecular complexity index is 2280. The fraction of sp³-hybridized carbons (Fsp3) is 0.574. The molecule has 1 heterocycles. The molecule has 2 aromatic rings. The van der Waals surface area contributed by atoms with E-state index in [0.29, 0.717) is 11.1 Å². The summed E-state index contributed by atoms with van der Waals surface area (Å²) in [6, 6.07) is 14.2. The van der Waals surface area contributed by atoms with Gasteiger partial charge in [-0.1, -0.05) is 88.3 Å². The molecule has 64 heavy (non-hydrogen) atoms. The lowest BCUT2D eigenvalue weighted by Gasteiger charge is -2.68. The van der Waals surface area contributed by atoms with E-state index < -0.39 is 124 Å². The number of benzene rings is 2. The van der Waals surface area contributed by atoms with Crippen molar-refractivity contribution < 1.29 is 62.7 Å². The lowest BCUT2D eigenvalue weighted by Crippen LogP contribution is -2.80. The molecule has 13 atom stereocenters. The molecule has 1 amide bonds. The van der Waals surface area contributed by atoms with Crippen LogP contribution in [0.15, 0.2) is 76.9 Å². The summed E-state index contributed by atoms with van der Waals surface area (Å²) < 4.78 is 31.1. The first-order chi connectivity index (χ1) is 29.9. The standard InChI is InChI=1S/C47H58N4O13/c1-24-21-33-46(23-60-33,64-29(6)53)37-39(63-41(56)31-19-15-12-16-20-31)47(59)22-32(25(2)34(43(47,7)8)36(61-28(5)52)38(54)44(24,37)9)62-40(55)26(3)35(30-17-13-11-14-18-30)49-42(57)45(10,58)27(4)50-51-48/h11-20,24,26-27,32-33,35-37,39,58-59H,21-23H2,1-10H3,(H,49,57)/t24-,26+,27?,32-,33+,35+,36+,37-,39-,44+,45?,46-,47+/m0/s1. The number of fused-ring (bicyclic) bond motifs is 5. The number of carbonyl (C=O) groups is 6. The van der Waals surface area contributed by atoms with Gasteiger partial charge in [0.15, 0.2) is 17.5 Å². The average molecular weight is 887 g/mol. The van der Waals surface area contributed by atoms with E-state index in [1.165, 1.54) is 39.8 Å².